The highest BCUT2D eigenvalue weighted by Crippen LogP contribution is 2.31. The maximum Gasteiger partial charge on any atom is 0.339 e. The molecule has 0 saturated heterocycles. The molecule has 0 aliphatic rings. The van der Waals surface area contributed by atoms with Gasteiger partial charge in [-0.15, -0.1) is 0 Å². The first kappa shape index (κ1) is 28.7. The Balaban J connectivity index is 1.54. The van der Waals surface area contributed by atoms with E-state index in [4.69, 9.17) is 8.37 Å². The number of hydrogen-bond acceptors (Lipinski definition) is 7. The second-order valence-corrected chi connectivity index (χ2v) is 12.1. The van der Waals surface area contributed by atoms with Gasteiger partial charge in [-0.2, -0.15) is 16.8 Å². The Bertz CT molecular complexity index is 1670. The fourth-order valence-corrected chi connectivity index (χ4v) is 6.38. The second-order valence-electron chi connectivity index (χ2n) is 9.04. The molecule has 9 nitrogen and oxygen atoms in total. The molecule has 0 radical (unpaired) electrons. The second kappa shape index (κ2) is 11.4. The van der Waals surface area contributed by atoms with Crippen molar-refractivity contribution in [1.82, 2.24) is 0 Å². The van der Waals surface area contributed by atoms with E-state index in [1.54, 1.807) is 76.2 Å². The monoisotopic (exact) mass is 580 g/mol. The normalized spacial score (nSPS) is 11.5. The van der Waals surface area contributed by atoms with Crippen LogP contribution in [-0.2, 0) is 20.2 Å². The first-order valence-corrected chi connectivity index (χ1v) is 15.0. The lowest BCUT2D eigenvalue weighted by Crippen LogP contribution is -2.21. The van der Waals surface area contributed by atoms with E-state index in [0.717, 1.165) is 11.1 Å². The summed E-state index contributed by atoms with van der Waals surface area (Å²) in [7, 11) is -8.40. The van der Waals surface area contributed by atoms with Crippen molar-refractivity contribution in [2.24, 2.45) is 0 Å². The summed E-state index contributed by atoms with van der Waals surface area (Å²) in [5, 5.41) is 5.11. The van der Waals surface area contributed by atoms with Gasteiger partial charge in [0.25, 0.3) is 0 Å². The number of carbonyl (C=O) groups excluding carboxylic acids is 1. The molecule has 2 N–H and O–H groups in total. The molecule has 0 atom stereocenters. The molecule has 2 amide bonds. The molecule has 0 spiro atoms. The summed E-state index contributed by atoms with van der Waals surface area (Å²) in [4.78, 5) is 13.0. The topological polar surface area (TPSA) is 128 Å². The van der Waals surface area contributed by atoms with Crippen LogP contribution in [0.25, 0.3) is 0 Å². The SMILES string of the molecule is Cc1cccc(S(=O)(=O)Oc2ccccc2NC(=O)Nc2ccccc2OS(=O)(=O)c2cccc(C)c2C)c1C. The van der Waals surface area contributed by atoms with E-state index in [1.807, 2.05) is 0 Å². The molecule has 0 aromatic heterocycles. The molecule has 4 aromatic rings. The van der Waals surface area contributed by atoms with Crippen LogP contribution in [0.1, 0.15) is 22.3 Å². The van der Waals surface area contributed by atoms with Crippen molar-refractivity contribution >= 4 is 37.6 Å². The molecule has 11 heteroatoms. The highest BCUT2D eigenvalue weighted by molar-refractivity contribution is 7.87. The number of amides is 2. The van der Waals surface area contributed by atoms with Crippen LogP contribution >= 0.6 is 0 Å². The molecule has 0 aliphatic heterocycles. The standard InChI is InChI=1S/C29H28N2O7S2/c1-19-11-9-17-27(21(19)3)39(33,34)37-25-15-7-5-13-23(25)30-29(32)31-24-14-6-8-16-26(24)38-40(35,36)28-18-10-12-20(2)22(28)4/h5-18H,1-4H3,(H2,30,31,32). The van der Waals surface area contributed by atoms with Crippen LogP contribution < -0.4 is 19.0 Å². The first-order valence-electron chi connectivity index (χ1n) is 12.2. The van der Waals surface area contributed by atoms with Gasteiger partial charge in [0, 0.05) is 0 Å². The number of carbonyl (C=O) groups is 1. The molecular formula is C29H28N2O7S2. The Morgan fingerprint density at radius 1 is 0.550 bits per heavy atom. The van der Waals surface area contributed by atoms with Crippen molar-refractivity contribution in [1.29, 1.82) is 0 Å². The van der Waals surface area contributed by atoms with Crippen LogP contribution in [-0.4, -0.2) is 22.9 Å². The molecule has 4 aromatic carbocycles. The van der Waals surface area contributed by atoms with Crippen molar-refractivity contribution in [2.45, 2.75) is 37.5 Å². The highest BCUT2D eigenvalue weighted by Gasteiger charge is 2.24. The first-order chi connectivity index (χ1) is 18.9. The lowest BCUT2D eigenvalue weighted by atomic mass is 10.1. The third-order valence-corrected chi connectivity index (χ3v) is 9.08. The molecule has 0 aliphatic carbocycles. The lowest BCUT2D eigenvalue weighted by Gasteiger charge is -2.16. The summed E-state index contributed by atoms with van der Waals surface area (Å²) in [6.07, 6.45) is 0. The zero-order valence-corrected chi connectivity index (χ0v) is 23.9. The van der Waals surface area contributed by atoms with Crippen molar-refractivity contribution in [3.63, 3.8) is 0 Å². The number of para-hydroxylation sites is 4. The quantitative estimate of drug-likeness (QED) is 0.241. The van der Waals surface area contributed by atoms with Gasteiger partial charge < -0.3 is 19.0 Å². The third kappa shape index (κ3) is 6.27. The average molecular weight is 581 g/mol. The van der Waals surface area contributed by atoms with Crippen LogP contribution in [0.5, 0.6) is 11.5 Å². The predicted octanol–water partition coefficient (Wildman–Crippen LogP) is 6.10. The smallest absolute Gasteiger partial charge is 0.339 e. The maximum absolute atomic E-state index is 13.0. The van der Waals surface area contributed by atoms with Crippen LogP contribution in [0.2, 0.25) is 0 Å². The molecule has 0 saturated carbocycles. The van der Waals surface area contributed by atoms with E-state index in [-0.39, 0.29) is 32.7 Å². The lowest BCUT2D eigenvalue weighted by molar-refractivity contribution is 0.262. The molecule has 0 bridgehead atoms. The minimum Gasteiger partial charge on any atom is -0.377 e. The molecule has 208 valence electrons. The summed E-state index contributed by atoms with van der Waals surface area (Å²) in [6, 6.07) is 21.0. The van der Waals surface area contributed by atoms with E-state index in [0.29, 0.717) is 11.1 Å². The fraction of sp³-hybridized carbons (Fsp3) is 0.138. The molecule has 0 fully saturated rings. The average Bonchev–Trinajstić information content (AvgIpc) is 2.89. The van der Waals surface area contributed by atoms with Gasteiger partial charge in [0.05, 0.1) is 11.4 Å². The predicted molar refractivity (Wildman–Crippen MR) is 153 cm³/mol. The zero-order valence-electron chi connectivity index (χ0n) is 22.3. The number of rotatable bonds is 8. The third-order valence-electron chi connectivity index (χ3n) is 6.32. The Labute approximate surface area is 234 Å². The Hall–Kier alpha value is -4.35. The Morgan fingerprint density at radius 3 is 1.32 bits per heavy atom. The summed E-state index contributed by atoms with van der Waals surface area (Å²) < 4.78 is 62.9. The van der Waals surface area contributed by atoms with Crippen molar-refractivity contribution in [3.05, 3.63) is 107 Å². The molecule has 40 heavy (non-hydrogen) atoms. The van der Waals surface area contributed by atoms with Crippen LogP contribution in [0.15, 0.2) is 94.7 Å². The number of hydrogen-bond donors (Lipinski definition) is 2. The van der Waals surface area contributed by atoms with Crippen LogP contribution in [0, 0.1) is 27.7 Å². The van der Waals surface area contributed by atoms with Crippen molar-refractivity contribution in [3.8, 4) is 11.5 Å². The highest BCUT2D eigenvalue weighted by atomic mass is 32.2. The minimum absolute atomic E-state index is 0.0166. The molecule has 0 unspecified atom stereocenters. The summed E-state index contributed by atoms with van der Waals surface area (Å²) in [5.41, 5.74) is 2.84. The minimum atomic E-state index is -4.20. The summed E-state index contributed by atoms with van der Waals surface area (Å²) in [6.45, 7) is 6.96. The summed E-state index contributed by atoms with van der Waals surface area (Å²) >= 11 is 0. The van der Waals surface area contributed by atoms with Gasteiger partial charge in [-0.25, -0.2) is 4.79 Å². The fourth-order valence-electron chi connectivity index (χ4n) is 3.88. The van der Waals surface area contributed by atoms with Crippen molar-refractivity contribution in [2.75, 3.05) is 10.6 Å². The van der Waals surface area contributed by atoms with Gasteiger partial charge in [0.15, 0.2) is 11.5 Å². The van der Waals surface area contributed by atoms with E-state index in [2.05, 4.69) is 10.6 Å². The van der Waals surface area contributed by atoms with Gasteiger partial charge in [-0.1, -0.05) is 48.5 Å². The maximum atomic E-state index is 13.0. The summed E-state index contributed by atoms with van der Waals surface area (Å²) in [5.74, 6) is -0.193. The molecule has 4 rings (SSSR count). The van der Waals surface area contributed by atoms with Gasteiger partial charge >= 0.3 is 26.3 Å². The van der Waals surface area contributed by atoms with Gasteiger partial charge in [-0.05, 0) is 86.3 Å². The van der Waals surface area contributed by atoms with E-state index >= 15 is 0 Å². The number of aryl methyl sites for hydroxylation is 2. The molecular weight excluding hydrogens is 552 g/mol. The van der Waals surface area contributed by atoms with Crippen LogP contribution in [0.4, 0.5) is 16.2 Å². The largest absolute Gasteiger partial charge is 0.377 e. The Morgan fingerprint density at radius 2 is 0.925 bits per heavy atom. The van der Waals surface area contributed by atoms with E-state index in [9.17, 15) is 21.6 Å². The molecule has 0 heterocycles. The van der Waals surface area contributed by atoms with Gasteiger partial charge in [0.1, 0.15) is 9.79 Å². The number of anilines is 2. The van der Waals surface area contributed by atoms with Gasteiger partial charge in [0.2, 0.25) is 0 Å². The van der Waals surface area contributed by atoms with Crippen molar-refractivity contribution < 1.29 is 30.0 Å². The number of benzene rings is 4. The van der Waals surface area contributed by atoms with Crippen LogP contribution in [0.3, 0.4) is 0 Å². The Kier molecular flexibility index (Phi) is 8.17. The van der Waals surface area contributed by atoms with E-state index in [1.165, 1.54) is 36.4 Å². The number of nitrogens with one attached hydrogen (secondary N) is 2. The van der Waals surface area contributed by atoms with Gasteiger partial charge in [-0.3, -0.25) is 0 Å². The number of urea groups is 1. The zero-order chi connectivity index (χ0) is 29.1. The van der Waals surface area contributed by atoms with E-state index < -0.39 is 26.3 Å².